The molecule has 1 unspecified atom stereocenters. The van der Waals surface area contributed by atoms with Gasteiger partial charge in [0.1, 0.15) is 11.6 Å². The number of nitrogens with zero attached hydrogens (tertiary/aromatic N) is 5. The summed E-state index contributed by atoms with van der Waals surface area (Å²) in [5.74, 6) is 1.68. The quantitative estimate of drug-likeness (QED) is 0.824. The first-order valence-electron chi connectivity index (χ1n) is 8.46. The summed E-state index contributed by atoms with van der Waals surface area (Å²) in [5.41, 5.74) is 0.828. The number of aromatic nitrogens is 3. The lowest BCUT2D eigenvalue weighted by atomic mass is 10.2. The SMILES string of the molecule is Cc1nc(N2CCOC(C(=O)N3CCCC3)C2)c2ccncc2n1. The number of fused-ring (bicyclic) bond motifs is 1. The van der Waals surface area contributed by atoms with Gasteiger partial charge in [-0.1, -0.05) is 0 Å². The Morgan fingerprint density at radius 3 is 2.92 bits per heavy atom. The van der Waals surface area contributed by atoms with Crippen LogP contribution in [0.5, 0.6) is 0 Å². The minimum Gasteiger partial charge on any atom is -0.365 e. The van der Waals surface area contributed by atoms with Crippen LogP contribution in [0.25, 0.3) is 10.9 Å². The monoisotopic (exact) mass is 327 g/mol. The molecule has 4 heterocycles. The van der Waals surface area contributed by atoms with Crippen molar-refractivity contribution < 1.29 is 9.53 Å². The van der Waals surface area contributed by atoms with Crippen molar-refractivity contribution in [2.75, 3.05) is 37.7 Å². The molecule has 1 amide bonds. The average Bonchev–Trinajstić information content (AvgIpc) is 3.15. The molecule has 126 valence electrons. The number of amides is 1. The number of morpholine rings is 1. The van der Waals surface area contributed by atoms with Crippen molar-refractivity contribution >= 4 is 22.6 Å². The number of rotatable bonds is 2. The Kier molecular flexibility index (Phi) is 4.02. The predicted molar refractivity (Wildman–Crippen MR) is 89.8 cm³/mol. The van der Waals surface area contributed by atoms with Gasteiger partial charge in [0.05, 0.1) is 24.9 Å². The summed E-state index contributed by atoms with van der Waals surface area (Å²) >= 11 is 0. The van der Waals surface area contributed by atoms with E-state index in [2.05, 4.69) is 19.9 Å². The van der Waals surface area contributed by atoms with Crippen LogP contribution in [0, 0.1) is 6.92 Å². The third-order valence-corrected chi connectivity index (χ3v) is 4.65. The van der Waals surface area contributed by atoms with Gasteiger partial charge in [-0.05, 0) is 25.8 Å². The van der Waals surface area contributed by atoms with Crippen LogP contribution in [0.4, 0.5) is 5.82 Å². The lowest BCUT2D eigenvalue weighted by molar-refractivity contribution is -0.143. The second-order valence-electron chi connectivity index (χ2n) is 6.33. The van der Waals surface area contributed by atoms with Crippen LogP contribution in [0.3, 0.4) is 0 Å². The van der Waals surface area contributed by atoms with Crippen LogP contribution in [0.1, 0.15) is 18.7 Å². The Morgan fingerprint density at radius 1 is 1.25 bits per heavy atom. The Labute approximate surface area is 140 Å². The Bertz CT molecular complexity index is 760. The molecule has 2 saturated heterocycles. The molecule has 0 bridgehead atoms. The molecule has 24 heavy (non-hydrogen) atoms. The van der Waals surface area contributed by atoms with E-state index in [1.165, 1.54) is 0 Å². The number of hydrogen-bond acceptors (Lipinski definition) is 6. The van der Waals surface area contributed by atoms with E-state index in [9.17, 15) is 4.79 Å². The van der Waals surface area contributed by atoms with Gasteiger partial charge < -0.3 is 14.5 Å². The summed E-state index contributed by atoms with van der Waals surface area (Å²) in [6.07, 6.45) is 5.26. The van der Waals surface area contributed by atoms with Crippen LogP contribution in [0.2, 0.25) is 0 Å². The number of carbonyl (C=O) groups excluding carboxylic acids is 1. The van der Waals surface area contributed by atoms with Crippen LogP contribution in [0.15, 0.2) is 18.5 Å². The Balaban J connectivity index is 1.61. The zero-order valence-corrected chi connectivity index (χ0v) is 13.8. The van der Waals surface area contributed by atoms with Crippen LogP contribution >= 0.6 is 0 Å². The molecule has 2 aromatic heterocycles. The standard InChI is InChI=1S/C17H21N5O2/c1-12-19-14-10-18-5-4-13(14)16(20-12)22-8-9-24-15(11-22)17(23)21-6-2-3-7-21/h4-5,10,15H,2-3,6-9,11H2,1H3. The average molecular weight is 327 g/mol. The van der Waals surface area contributed by atoms with Gasteiger partial charge in [-0.15, -0.1) is 0 Å². The number of likely N-dealkylation sites (tertiary alicyclic amines) is 1. The highest BCUT2D eigenvalue weighted by Gasteiger charge is 2.32. The van der Waals surface area contributed by atoms with Gasteiger partial charge in [0.2, 0.25) is 0 Å². The Morgan fingerprint density at radius 2 is 2.08 bits per heavy atom. The van der Waals surface area contributed by atoms with Crippen LogP contribution in [-0.4, -0.2) is 64.6 Å². The normalized spacial score (nSPS) is 21.5. The van der Waals surface area contributed by atoms with E-state index in [0.717, 1.165) is 49.2 Å². The lowest BCUT2D eigenvalue weighted by Crippen LogP contribution is -2.50. The molecule has 0 N–H and O–H groups in total. The number of carbonyl (C=O) groups is 1. The number of anilines is 1. The molecule has 2 fully saturated rings. The molecule has 2 aliphatic heterocycles. The minimum atomic E-state index is -0.413. The molecule has 0 aromatic carbocycles. The number of pyridine rings is 1. The van der Waals surface area contributed by atoms with E-state index < -0.39 is 6.10 Å². The molecule has 7 nitrogen and oxygen atoms in total. The van der Waals surface area contributed by atoms with E-state index in [0.29, 0.717) is 19.0 Å². The number of aryl methyl sites for hydroxylation is 1. The summed E-state index contributed by atoms with van der Waals surface area (Å²) in [6.45, 7) is 5.35. The molecule has 7 heteroatoms. The zero-order valence-electron chi connectivity index (χ0n) is 13.8. The molecule has 0 saturated carbocycles. The van der Waals surface area contributed by atoms with Crippen molar-refractivity contribution in [3.8, 4) is 0 Å². The topological polar surface area (TPSA) is 71.5 Å². The summed E-state index contributed by atoms with van der Waals surface area (Å²) in [5, 5.41) is 0.963. The first-order chi connectivity index (χ1) is 11.7. The van der Waals surface area contributed by atoms with E-state index in [1.54, 1.807) is 12.4 Å². The third kappa shape index (κ3) is 2.80. The highest BCUT2D eigenvalue weighted by molar-refractivity contribution is 5.89. The van der Waals surface area contributed by atoms with Crippen molar-refractivity contribution in [3.05, 3.63) is 24.3 Å². The molecule has 2 aliphatic rings. The predicted octanol–water partition coefficient (Wildman–Crippen LogP) is 1.16. The maximum absolute atomic E-state index is 12.6. The van der Waals surface area contributed by atoms with E-state index in [4.69, 9.17) is 4.74 Å². The van der Waals surface area contributed by atoms with Crippen molar-refractivity contribution in [3.63, 3.8) is 0 Å². The minimum absolute atomic E-state index is 0.106. The highest BCUT2D eigenvalue weighted by Crippen LogP contribution is 2.25. The van der Waals surface area contributed by atoms with Crippen LogP contribution in [-0.2, 0) is 9.53 Å². The molecule has 0 aliphatic carbocycles. The number of hydrogen-bond donors (Lipinski definition) is 0. The van der Waals surface area contributed by atoms with Crippen molar-refractivity contribution in [1.82, 2.24) is 19.9 Å². The number of ether oxygens (including phenoxy) is 1. The van der Waals surface area contributed by atoms with Crippen molar-refractivity contribution in [2.24, 2.45) is 0 Å². The van der Waals surface area contributed by atoms with E-state index >= 15 is 0 Å². The van der Waals surface area contributed by atoms with Gasteiger partial charge in [-0.25, -0.2) is 9.97 Å². The molecule has 2 aromatic rings. The fraction of sp³-hybridized carbons (Fsp3) is 0.529. The van der Waals surface area contributed by atoms with E-state index in [-0.39, 0.29) is 5.91 Å². The maximum atomic E-state index is 12.6. The van der Waals surface area contributed by atoms with Gasteiger partial charge in [0.25, 0.3) is 5.91 Å². The molecule has 0 spiro atoms. The maximum Gasteiger partial charge on any atom is 0.253 e. The third-order valence-electron chi connectivity index (χ3n) is 4.65. The van der Waals surface area contributed by atoms with Gasteiger partial charge >= 0.3 is 0 Å². The highest BCUT2D eigenvalue weighted by atomic mass is 16.5. The smallest absolute Gasteiger partial charge is 0.253 e. The van der Waals surface area contributed by atoms with Crippen LogP contribution < -0.4 is 4.90 Å². The van der Waals surface area contributed by atoms with Gasteiger partial charge in [0.15, 0.2) is 6.10 Å². The molecular weight excluding hydrogens is 306 g/mol. The summed E-state index contributed by atoms with van der Waals surface area (Å²) in [4.78, 5) is 29.9. The summed E-state index contributed by atoms with van der Waals surface area (Å²) in [7, 11) is 0. The molecule has 4 rings (SSSR count). The first kappa shape index (κ1) is 15.3. The van der Waals surface area contributed by atoms with Gasteiger partial charge in [-0.2, -0.15) is 0 Å². The fourth-order valence-electron chi connectivity index (χ4n) is 3.45. The largest absolute Gasteiger partial charge is 0.365 e. The van der Waals surface area contributed by atoms with Crippen molar-refractivity contribution in [1.29, 1.82) is 0 Å². The Hall–Kier alpha value is -2.28. The van der Waals surface area contributed by atoms with E-state index in [1.807, 2.05) is 17.9 Å². The zero-order chi connectivity index (χ0) is 16.5. The molecule has 1 atom stereocenters. The fourth-order valence-corrected chi connectivity index (χ4v) is 3.45. The summed E-state index contributed by atoms with van der Waals surface area (Å²) in [6, 6.07) is 1.93. The molecular formula is C17H21N5O2. The second-order valence-corrected chi connectivity index (χ2v) is 6.33. The molecule has 0 radical (unpaired) electrons. The summed E-state index contributed by atoms with van der Waals surface area (Å²) < 4.78 is 5.76. The van der Waals surface area contributed by atoms with Crippen molar-refractivity contribution in [2.45, 2.75) is 25.9 Å². The lowest BCUT2D eigenvalue weighted by Gasteiger charge is -2.35. The first-order valence-corrected chi connectivity index (χ1v) is 8.46. The second kappa shape index (κ2) is 6.32. The van der Waals surface area contributed by atoms with Gasteiger partial charge in [-0.3, -0.25) is 9.78 Å². The van der Waals surface area contributed by atoms with Gasteiger partial charge in [0, 0.05) is 31.2 Å².